The Morgan fingerprint density at radius 2 is 1.91 bits per heavy atom. The molecule has 1 heterocycles. The van der Waals surface area contributed by atoms with Gasteiger partial charge in [0.2, 0.25) is 0 Å². The Morgan fingerprint density at radius 3 is 2.59 bits per heavy atom. The Kier molecular flexibility index (Phi) is 5.50. The molecular weight excluding hydrogens is 274 g/mol. The van der Waals surface area contributed by atoms with Crippen LogP contribution >= 0.6 is 0 Å². The molecule has 4 heteroatoms. The van der Waals surface area contributed by atoms with Crippen molar-refractivity contribution in [3.8, 4) is 5.75 Å². The molecular formula is C18H27N3O. The lowest BCUT2D eigenvalue weighted by Crippen LogP contribution is -2.13. The van der Waals surface area contributed by atoms with Crippen molar-refractivity contribution < 1.29 is 5.11 Å². The van der Waals surface area contributed by atoms with E-state index in [4.69, 9.17) is 0 Å². The third-order valence-electron chi connectivity index (χ3n) is 3.98. The quantitative estimate of drug-likeness (QED) is 0.762. The third-order valence-corrected chi connectivity index (χ3v) is 3.98. The van der Waals surface area contributed by atoms with E-state index < -0.39 is 0 Å². The zero-order valence-corrected chi connectivity index (χ0v) is 14.1. The molecule has 0 unspecified atom stereocenters. The maximum atomic E-state index is 9.79. The van der Waals surface area contributed by atoms with Gasteiger partial charge in [-0.2, -0.15) is 0 Å². The standard InChI is InChI=1S/C18H27N3O/c1-14-7-8-16(13-18(14)22)19-17-9-12-21(15(17)2)11-6-5-10-20(3)4/h7-9,12-13,19,22H,5-6,10-11H2,1-4H3. The van der Waals surface area contributed by atoms with Gasteiger partial charge in [-0.3, -0.25) is 0 Å². The van der Waals surface area contributed by atoms with Crippen LogP contribution in [-0.2, 0) is 6.54 Å². The molecule has 2 N–H and O–H groups in total. The number of phenols is 1. The van der Waals surface area contributed by atoms with Crippen LogP contribution in [0.3, 0.4) is 0 Å². The molecule has 0 bridgehead atoms. The summed E-state index contributed by atoms with van der Waals surface area (Å²) in [5, 5.41) is 13.2. The molecule has 0 radical (unpaired) electrons. The SMILES string of the molecule is Cc1ccc(Nc2ccn(CCCCN(C)C)c2C)cc1O. The number of hydrogen-bond donors (Lipinski definition) is 2. The minimum absolute atomic E-state index is 0.325. The summed E-state index contributed by atoms with van der Waals surface area (Å²) in [6, 6.07) is 7.77. The number of nitrogens with one attached hydrogen (secondary N) is 1. The summed E-state index contributed by atoms with van der Waals surface area (Å²) >= 11 is 0. The van der Waals surface area contributed by atoms with Crippen molar-refractivity contribution in [3.63, 3.8) is 0 Å². The van der Waals surface area contributed by atoms with Gasteiger partial charge in [0.25, 0.3) is 0 Å². The van der Waals surface area contributed by atoms with Gasteiger partial charge >= 0.3 is 0 Å². The monoisotopic (exact) mass is 301 g/mol. The first-order valence-electron chi connectivity index (χ1n) is 7.84. The highest BCUT2D eigenvalue weighted by atomic mass is 16.3. The Bertz CT molecular complexity index is 617. The lowest BCUT2D eigenvalue weighted by Gasteiger charge is -2.12. The molecule has 0 aliphatic rings. The van der Waals surface area contributed by atoms with Crippen molar-refractivity contribution in [3.05, 3.63) is 41.7 Å². The van der Waals surface area contributed by atoms with Crippen molar-refractivity contribution in [1.82, 2.24) is 9.47 Å². The molecule has 2 aromatic rings. The summed E-state index contributed by atoms with van der Waals surface area (Å²) in [5.41, 5.74) is 4.12. The van der Waals surface area contributed by atoms with Crippen molar-refractivity contribution >= 4 is 11.4 Å². The maximum absolute atomic E-state index is 9.79. The Morgan fingerprint density at radius 1 is 1.14 bits per heavy atom. The van der Waals surface area contributed by atoms with E-state index in [1.807, 2.05) is 19.1 Å². The molecule has 0 amide bonds. The van der Waals surface area contributed by atoms with E-state index >= 15 is 0 Å². The lowest BCUT2D eigenvalue weighted by atomic mass is 10.2. The summed E-state index contributed by atoms with van der Waals surface area (Å²) in [6.45, 7) is 6.20. The first-order chi connectivity index (χ1) is 10.5. The molecule has 1 aromatic carbocycles. The van der Waals surface area contributed by atoms with Gasteiger partial charge < -0.3 is 19.9 Å². The largest absolute Gasteiger partial charge is 0.508 e. The second-order valence-electron chi connectivity index (χ2n) is 6.14. The predicted molar refractivity (Wildman–Crippen MR) is 93.1 cm³/mol. The zero-order chi connectivity index (χ0) is 16.1. The molecule has 0 spiro atoms. The molecule has 1 aromatic heterocycles. The van der Waals surface area contributed by atoms with Crippen LogP contribution in [-0.4, -0.2) is 35.2 Å². The number of aryl methyl sites for hydroxylation is 2. The van der Waals surface area contributed by atoms with Crippen LogP contribution in [0.5, 0.6) is 5.75 Å². The highest BCUT2D eigenvalue weighted by Gasteiger charge is 2.06. The van der Waals surface area contributed by atoms with E-state index in [9.17, 15) is 5.11 Å². The molecule has 0 saturated carbocycles. The fraction of sp³-hybridized carbons (Fsp3) is 0.444. The average molecular weight is 301 g/mol. The summed E-state index contributed by atoms with van der Waals surface area (Å²) in [7, 11) is 4.22. The van der Waals surface area contributed by atoms with E-state index in [1.165, 1.54) is 18.5 Å². The Hall–Kier alpha value is -1.94. The molecule has 120 valence electrons. The minimum atomic E-state index is 0.325. The number of nitrogens with zero attached hydrogens (tertiary/aromatic N) is 2. The van der Waals surface area contributed by atoms with Gasteiger partial charge in [0.05, 0.1) is 5.69 Å². The van der Waals surface area contributed by atoms with Crippen molar-refractivity contribution in [2.75, 3.05) is 26.0 Å². The summed E-state index contributed by atoms with van der Waals surface area (Å²) in [6.07, 6.45) is 4.51. The van der Waals surface area contributed by atoms with Crippen LogP contribution in [0.15, 0.2) is 30.5 Å². The van der Waals surface area contributed by atoms with Gasteiger partial charge in [-0.1, -0.05) is 6.07 Å². The molecule has 22 heavy (non-hydrogen) atoms. The normalized spacial score (nSPS) is 11.1. The van der Waals surface area contributed by atoms with Crippen molar-refractivity contribution in [2.24, 2.45) is 0 Å². The number of phenolic OH excluding ortho intramolecular Hbond substituents is 1. The van der Waals surface area contributed by atoms with Crippen LogP contribution in [0.2, 0.25) is 0 Å². The molecule has 0 fully saturated rings. The van der Waals surface area contributed by atoms with Crippen LogP contribution in [0.25, 0.3) is 0 Å². The number of unbranched alkanes of at least 4 members (excludes halogenated alkanes) is 1. The Balaban J connectivity index is 1.96. The number of anilines is 2. The second kappa shape index (κ2) is 7.36. The first kappa shape index (κ1) is 16.4. The van der Waals surface area contributed by atoms with E-state index in [0.29, 0.717) is 5.75 Å². The second-order valence-corrected chi connectivity index (χ2v) is 6.14. The average Bonchev–Trinajstić information content (AvgIpc) is 2.80. The number of aromatic nitrogens is 1. The Labute approximate surface area is 133 Å². The number of hydrogen-bond acceptors (Lipinski definition) is 3. The molecule has 4 nitrogen and oxygen atoms in total. The van der Waals surface area contributed by atoms with Crippen LogP contribution in [0.4, 0.5) is 11.4 Å². The fourth-order valence-corrected chi connectivity index (χ4v) is 2.48. The van der Waals surface area contributed by atoms with Crippen LogP contribution in [0.1, 0.15) is 24.1 Å². The van der Waals surface area contributed by atoms with Crippen molar-refractivity contribution in [1.29, 1.82) is 0 Å². The smallest absolute Gasteiger partial charge is 0.120 e. The fourth-order valence-electron chi connectivity index (χ4n) is 2.48. The van der Waals surface area contributed by atoms with Crippen molar-refractivity contribution in [2.45, 2.75) is 33.2 Å². The summed E-state index contributed by atoms with van der Waals surface area (Å²) in [4.78, 5) is 2.22. The topological polar surface area (TPSA) is 40.4 Å². The molecule has 0 saturated heterocycles. The van der Waals surface area contributed by atoms with Gasteiger partial charge in [0, 0.05) is 30.2 Å². The molecule has 2 rings (SSSR count). The number of aromatic hydroxyl groups is 1. The van der Waals surface area contributed by atoms with Gasteiger partial charge in [-0.15, -0.1) is 0 Å². The highest BCUT2D eigenvalue weighted by molar-refractivity contribution is 5.64. The van der Waals surface area contributed by atoms with Crippen LogP contribution in [0, 0.1) is 13.8 Å². The van der Waals surface area contributed by atoms with E-state index in [0.717, 1.165) is 30.0 Å². The highest BCUT2D eigenvalue weighted by Crippen LogP contribution is 2.26. The first-order valence-corrected chi connectivity index (χ1v) is 7.84. The van der Waals surface area contributed by atoms with E-state index in [2.05, 4.69) is 48.1 Å². The summed E-state index contributed by atoms with van der Waals surface area (Å²) in [5.74, 6) is 0.325. The third kappa shape index (κ3) is 4.28. The summed E-state index contributed by atoms with van der Waals surface area (Å²) < 4.78 is 2.28. The predicted octanol–water partition coefficient (Wildman–Crippen LogP) is 3.90. The van der Waals surface area contributed by atoms with E-state index in [-0.39, 0.29) is 0 Å². The lowest BCUT2D eigenvalue weighted by molar-refractivity contribution is 0.387. The van der Waals surface area contributed by atoms with Gasteiger partial charge in [0.15, 0.2) is 0 Å². The van der Waals surface area contributed by atoms with Crippen LogP contribution < -0.4 is 5.32 Å². The maximum Gasteiger partial charge on any atom is 0.120 e. The number of rotatable bonds is 7. The van der Waals surface area contributed by atoms with Gasteiger partial charge in [-0.05, 0) is 65.0 Å². The zero-order valence-electron chi connectivity index (χ0n) is 14.1. The van der Waals surface area contributed by atoms with Gasteiger partial charge in [0.1, 0.15) is 5.75 Å². The molecule has 0 aliphatic heterocycles. The molecule has 0 atom stereocenters. The van der Waals surface area contributed by atoms with Gasteiger partial charge in [-0.25, -0.2) is 0 Å². The minimum Gasteiger partial charge on any atom is -0.508 e. The molecule has 0 aliphatic carbocycles. The van der Waals surface area contributed by atoms with E-state index in [1.54, 1.807) is 6.07 Å². The number of benzene rings is 1.